The monoisotopic (exact) mass is 606 g/mol. The molecule has 2 aromatic heterocycles. The van der Waals surface area contributed by atoms with Gasteiger partial charge in [-0.15, -0.1) is 0 Å². The normalized spacial score (nSPS) is 16.6. The zero-order chi connectivity index (χ0) is 31.1. The molecular weight excluding hydrogens is 563 g/mol. The Morgan fingerprint density at radius 1 is 1.14 bits per heavy atom. The van der Waals surface area contributed by atoms with Crippen molar-refractivity contribution in [2.24, 2.45) is 0 Å². The average molecular weight is 607 g/mol. The lowest BCUT2D eigenvalue weighted by molar-refractivity contribution is -0.142. The van der Waals surface area contributed by atoms with Crippen LogP contribution >= 0.6 is 0 Å². The van der Waals surface area contributed by atoms with Gasteiger partial charge in [0.05, 0.1) is 22.7 Å². The van der Waals surface area contributed by atoms with Gasteiger partial charge in [0, 0.05) is 37.8 Å². The molecule has 3 aromatic rings. The number of alkyl halides is 1. The fourth-order valence-electron chi connectivity index (χ4n) is 6.04. The Hall–Kier alpha value is -3.70. The second kappa shape index (κ2) is 14.4. The SMILES string of the molecule is CO[C@H](CF)CN(CCCCc1ccc2c(n1)NCCC2)CC[C@H](NC(=O)C1(c2nc(C)nc3ccccc23)CC1)C(=O)O. The van der Waals surface area contributed by atoms with Crippen LogP contribution in [0.2, 0.25) is 0 Å². The molecule has 1 amide bonds. The predicted molar refractivity (Wildman–Crippen MR) is 167 cm³/mol. The third-order valence-electron chi connectivity index (χ3n) is 8.77. The van der Waals surface area contributed by atoms with E-state index in [4.69, 9.17) is 9.72 Å². The molecule has 1 aliphatic heterocycles. The van der Waals surface area contributed by atoms with Gasteiger partial charge >= 0.3 is 5.97 Å². The maximum atomic E-state index is 13.6. The zero-order valence-electron chi connectivity index (χ0n) is 25.6. The van der Waals surface area contributed by atoms with Gasteiger partial charge in [0.2, 0.25) is 5.91 Å². The van der Waals surface area contributed by atoms with E-state index < -0.39 is 30.2 Å². The number of carbonyl (C=O) groups excluding carboxylic acids is 1. The van der Waals surface area contributed by atoms with Gasteiger partial charge in [-0.3, -0.25) is 4.79 Å². The van der Waals surface area contributed by atoms with E-state index in [1.807, 2.05) is 29.2 Å². The number of carboxylic acid groups (broad SMARTS) is 1. The number of pyridine rings is 1. The topological polar surface area (TPSA) is 130 Å². The van der Waals surface area contributed by atoms with Crippen LogP contribution in [0.1, 0.15) is 61.3 Å². The van der Waals surface area contributed by atoms with E-state index in [0.29, 0.717) is 44.0 Å². The fourth-order valence-corrected chi connectivity index (χ4v) is 6.04. The number of carboxylic acids is 1. The molecule has 2 atom stereocenters. The molecule has 1 fully saturated rings. The van der Waals surface area contributed by atoms with Crippen molar-refractivity contribution in [1.29, 1.82) is 0 Å². The largest absolute Gasteiger partial charge is 0.480 e. The lowest BCUT2D eigenvalue weighted by Crippen LogP contribution is -2.48. The van der Waals surface area contributed by atoms with Crippen molar-refractivity contribution >= 4 is 28.6 Å². The summed E-state index contributed by atoms with van der Waals surface area (Å²) in [7, 11) is 1.48. The Bertz CT molecular complexity index is 1460. The molecule has 0 saturated heterocycles. The quantitative estimate of drug-likeness (QED) is 0.207. The molecule has 1 saturated carbocycles. The number of nitrogens with one attached hydrogen (secondary N) is 2. The second-order valence-electron chi connectivity index (χ2n) is 12.0. The Kier molecular flexibility index (Phi) is 10.4. The van der Waals surface area contributed by atoms with Gasteiger partial charge < -0.3 is 25.4 Å². The van der Waals surface area contributed by atoms with E-state index in [-0.39, 0.29) is 12.3 Å². The zero-order valence-corrected chi connectivity index (χ0v) is 25.6. The number of methoxy groups -OCH3 is 1. The Morgan fingerprint density at radius 2 is 1.95 bits per heavy atom. The highest BCUT2D eigenvalue weighted by atomic mass is 19.1. The van der Waals surface area contributed by atoms with Crippen LogP contribution in [0.15, 0.2) is 36.4 Å². The molecule has 3 heterocycles. The maximum absolute atomic E-state index is 13.6. The molecule has 0 spiro atoms. The van der Waals surface area contributed by atoms with Gasteiger partial charge in [-0.2, -0.15) is 0 Å². The first-order chi connectivity index (χ1) is 21.3. The fraction of sp³-hybridized carbons (Fsp3) is 0.545. The standard InChI is InChI=1S/C33H43FN6O4/c1-22-36-27-11-4-3-10-26(27)29(37-22)33(15-16-33)32(43)39-28(31(41)42)14-19-40(21-25(20-34)44-2)18-6-5-9-24-13-12-23-8-7-17-35-30(23)38-24/h3-4,10-13,25,28H,5-9,14-21H2,1-2H3,(H,35,38)(H,39,43)(H,41,42)/t25-,28+/m1/s1. The molecule has 2 aliphatic rings. The molecule has 0 bridgehead atoms. The lowest BCUT2D eigenvalue weighted by Gasteiger charge is -2.27. The van der Waals surface area contributed by atoms with Crippen LogP contribution in [0.25, 0.3) is 10.9 Å². The van der Waals surface area contributed by atoms with E-state index in [9.17, 15) is 19.1 Å². The molecule has 11 heteroatoms. The number of hydrogen-bond acceptors (Lipinski definition) is 8. The van der Waals surface area contributed by atoms with E-state index in [1.54, 1.807) is 6.92 Å². The number of nitrogens with zero attached hydrogens (tertiary/aromatic N) is 4. The maximum Gasteiger partial charge on any atom is 0.326 e. The van der Waals surface area contributed by atoms with Crippen LogP contribution in [0, 0.1) is 6.92 Å². The summed E-state index contributed by atoms with van der Waals surface area (Å²) in [4.78, 5) is 41.8. The van der Waals surface area contributed by atoms with Crippen LogP contribution in [-0.2, 0) is 32.6 Å². The van der Waals surface area contributed by atoms with Crippen molar-refractivity contribution in [3.8, 4) is 0 Å². The van der Waals surface area contributed by atoms with Gasteiger partial charge in [-0.05, 0) is 82.5 Å². The van der Waals surface area contributed by atoms with Crippen molar-refractivity contribution in [3.63, 3.8) is 0 Å². The van der Waals surface area contributed by atoms with Gasteiger partial charge in [0.15, 0.2) is 0 Å². The summed E-state index contributed by atoms with van der Waals surface area (Å²) < 4.78 is 18.9. The molecule has 1 aromatic carbocycles. The number of halogens is 1. The van der Waals surface area contributed by atoms with E-state index in [0.717, 1.165) is 61.1 Å². The van der Waals surface area contributed by atoms with Gasteiger partial charge in [-0.1, -0.05) is 24.3 Å². The van der Waals surface area contributed by atoms with Crippen molar-refractivity contribution in [3.05, 3.63) is 59.2 Å². The van der Waals surface area contributed by atoms with E-state index in [2.05, 4.69) is 32.7 Å². The van der Waals surface area contributed by atoms with Gasteiger partial charge in [-0.25, -0.2) is 24.1 Å². The molecule has 0 unspecified atom stereocenters. The summed E-state index contributed by atoms with van der Waals surface area (Å²) in [5.41, 5.74) is 2.85. The molecule has 10 nitrogen and oxygen atoms in total. The summed E-state index contributed by atoms with van der Waals surface area (Å²) in [5, 5.41) is 17.0. The van der Waals surface area contributed by atoms with Crippen molar-refractivity contribution < 1.29 is 23.8 Å². The first-order valence-corrected chi connectivity index (χ1v) is 15.6. The summed E-state index contributed by atoms with van der Waals surface area (Å²) in [6, 6.07) is 10.7. The smallest absolute Gasteiger partial charge is 0.326 e. The minimum Gasteiger partial charge on any atom is -0.480 e. The number of amides is 1. The number of ether oxygens (including phenoxy) is 1. The highest BCUT2D eigenvalue weighted by Gasteiger charge is 2.54. The summed E-state index contributed by atoms with van der Waals surface area (Å²) in [6.07, 6.45) is 5.50. The third kappa shape index (κ3) is 7.50. The lowest BCUT2D eigenvalue weighted by atomic mass is 9.96. The summed E-state index contributed by atoms with van der Waals surface area (Å²) >= 11 is 0. The number of para-hydroxylation sites is 1. The highest BCUT2D eigenvalue weighted by Crippen LogP contribution is 2.49. The number of carbonyl (C=O) groups is 2. The molecule has 0 radical (unpaired) electrons. The first kappa shape index (κ1) is 31.7. The minimum atomic E-state index is -1.10. The van der Waals surface area contributed by atoms with Gasteiger partial charge in [0.1, 0.15) is 24.4 Å². The molecule has 3 N–H and O–H groups in total. The Morgan fingerprint density at radius 3 is 2.70 bits per heavy atom. The molecule has 236 valence electrons. The Labute approximate surface area is 257 Å². The number of aromatic nitrogens is 3. The number of unbranched alkanes of at least 4 members (excludes halogenated alkanes) is 1. The molecule has 5 rings (SSSR count). The Balaban J connectivity index is 1.20. The highest BCUT2D eigenvalue weighted by molar-refractivity contribution is 5.97. The van der Waals surface area contributed by atoms with E-state index >= 15 is 0 Å². The number of benzene rings is 1. The number of rotatable bonds is 16. The predicted octanol–water partition coefficient (Wildman–Crippen LogP) is 3.99. The van der Waals surface area contributed by atoms with Crippen LogP contribution in [0.4, 0.5) is 10.2 Å². The van der Waals surface area contributed by atoms with Crippen molar-refractivity contribution in [1.82, 2.24) is 25.2 Å². The minimum absolute atomic E-state index is 0.182. The number of aryl methyl sites for hydroxylation is 3. The second-order valence-corrected chi connectivity index (χ2v) is 12.0. The number of hydrogen-bond donors (Lipinski definition) is 3. The van der Waals surface area contributed by atoms with Crippen molar-refractivity contribution in [2.45, 2.75) is 75.9 Å². The number of anilines is 1. The third-order valence-corrected chi connectivity index (χ3v) is 8.77. The van der Waals surface area contributed by atoms with Crippen LogP contribution in [0.3, 0.4) is 0 Å². The van der Waals surface area contributed by atoms with Crippen LogP contribution < -0.4 is 10.6 Å². The molecule has 44 heavy (non-hydrogen) atoms. The number of fused-ring (bicyclic) bond motifs is 2. The van der Waals surface area contributed by atoms with E-state index in [1.165, 1.54) is 12.7 Å². The van der Waals surface area contributed by atoms with Crippen LogP contribution in [-0.4, -0.2) is 88.9 Å². The summed E-state index contributed by atoms with van der Waals surface area (Å²) in [5.74, 6) is 0.130. The molecule has 1 aliphatic carbocycles. The van der Waals surface area contributed by atoms with Gasteiger partial charge in [0.25, 0.3) is 0 Å². The average Bonchev–Trinajstić information content (AvgIpc) is 3.85. The van der Waals surface area contributed by atoms with Crippen LogP contribution in [0.5, 0.6) is 0 Å². The summed E-state index contributed by atoms with van der Waals surface area (Å²) in [6.45, 7) is 3.48. The van der Waals surface area contributed by atoms with Crippen molar-refractivity contribution in [2.75, 3.05) is 45.3 Å². The first-order valence-electron chi connectivity index (χ1n) is 15.6. The molecular formula is C33H43FN6O4. The number of aliphatic carboxylic acids is 1.